The number of Topliss-reactive ketones (excluding diaryl/α,β-unsaturated/α-hetero) is 2. The number of hydrogen-bond donors (Lipinski definition) is 1. The summed E-state index contributed by atoms with van der Waals surface area (Å²) in [5, 5.41) is 15.6. The van der Waals surface area contributed by atoms with E-state index >= 15 is 0 Å². The average molecular weight is 495 g/mol. The molecular formula is C27H30N2O7. The molecule has 190 valence electrons. The molecule has 2 heterocycles. The molecule has 0 aliphatic carbocycles. The minimum atomic E-state index is -1.51. The zero-order chi connectivity index (χ0) is 26.0. The van der Waals surface area contributed by atoms with Crippen LogP contribution in [-0.2, 0) is 25.7 Å². The predicted octanol–water partition coefficient (Wildman–Crippen LogP) is 3.68. The first-order valence-corrected chi connectivity index (χ1v) is 12.0. The van der Waals surface area contributed by atoms with Crippen molar-refractivity contribution in [3.05, 3.63) is 47.5 Å². The van der Waals surface area contributed by atoms with Crippen LogP contribution in [0.1, 0.15) is 54.8 Å². The van der Waals surface area contributed by atoms with E-state index in [1.54, 1.807) is 31.2 Å². The fourth-order valence-electron chi connectivity index (χ4n) is 4.00. The largest absolute Gasteiger partial charge is 0.382 e. The third-order valence-corrected chi connectivity index (χ3v) is 6.01. The normalized spacial score (nSPS) is 15.9. The Bertz CT molecular complexity index is 1360. The van der Waals surface area contributed by atoms with E-state index in [1.807, 2.05) is 19.1 Å². The number of aromatic nitrogens is 1. The van der Waals surface area contributed by atoms with Gasteiger partial charge < -0.3 is 24.0 Å². The lowest BCUT2D eigenvalue weighted by Gasteiger charge is -2.15. The smallest absolute Gasteiger partial charge is 0.334 e. The van der Waals surface area contributed by atoms with Gasteiger partial charge in [0.1, 0.15) is 11.7 Å². The number of ether oxygens (including phenoxy) is 2. The summed E-state index contributed by atoms with van der Waals surface area (Å²) < 4.78 is 12.8. The lowest BCUT2D eigenvalue weighted by atomic mass is 9.95. The average Bonchev–Trinajstić information content (AvgIpc) is 3.64. The molecule has 1 aliphatic rings. The molecule has 0 bridgehead atoms. The molecular weight excluding hydrogens is 464 g/mol. The van der Waals surface area contributed by atoms with Crippen LogP contribution < -0.4 is 0 Å². The molecule has 9 heteroatoms. The van der Waals surface area contributed by atoms with Crippen LogP contribution in [0, 0.1) is 0 Å². The van der Waals surface area contributed by atoms with Crippen molar-refractivity contribution in [2.24, 2.45) is 5.16 Å². The van der Waals surface area contributed by atoms with Gasteiger partial charge in [0.25, 0.3) is 0 Å². The fraction of sp³-hybridized carbons (Fsp3) is 0.407. The topological polar surface area (TPSA) is 120 Å². The second-order valence-electron chi connectivity index (χ2n) is 9.25. The van der Waals surface area contributed by atoms with Crippen molar-refractivity contribution in [3.63, 3.8) is 0 Å². The maximum atomic E-state index is 13.4. The Hall–Kier alpha value is -3.40. The number of fused-ring (bicyclic) bond motifs is 3. The van der Waals surface area contributed by atoms with Gasteiger partial charge in [-0.05, 0) is 57.2 Å². The maximum Gasteiger partial charge on any atom is 0.334 e. The Labute approximate surface area is 208 Å². The van der Waals surface area contributed by atoms with E-state index in [1.165, 1.54) is 13.8 Å². The SMILES string of the molecule is CCC(=O)O/N=C(\COCC1CO1)C(=O)c1ccc2c(c1)c1cc(C(=O)C(C)(C)O)ccc1n2CC. The molecule has 1 saturated heterocycles. The summed E-state index contributed by atoms with van der Waals surface area (Å²) in [4.78, 5) is 42.6. The van der Waals surface area contributed by atoms with Crippen molar-refractivity contribution in [1.29, 1.82) is 0 Å². The summed E-state index contributed by atoms with van der Waals surface area (Å²) in [6.07, 6.45) is 0.132. The van der Waals surface area contributed by atoms with Gasteiger partial charge in [-0.15, -0.1) is 0 Å². The monoisotopic (exact) mass is 494 g/mol. The lowest BCUT2D eigenvalue weighted by Crippen LogP contribution is -2.30. The van der Waals surface area contributed by atoms with Crippen LogP contribution in [0.3, 0.4) is 0 Å². The summed E-state index contributed by atoms with van der Waals surface area (Å²) in [6, 6.07) is 10.6. The minimum Gasteiger partial charge on any atom is -0.382 e. The number of nitrogens with zero attached hydrogens (tertiary/aromatic N) is 2. The van der Waals surface area contributed by atoms with Crippen molar-refractivity contribution in [1.82, 2.24) is 4.57 Å². The Morgan fingerprint density at radius 3 is 2.25 bits per heavy atom. The van der Waals surface area contributed by atoms with Gasteiger partial charge in [-0.1, -0.05) is 12.1 Å². The highest BCUT2D eigenvalue weighted by Crippen LogP contribution is 2.32. The van der Waals surface area contributed by atoms with Crippen molar-refractivity contribution >= 4 is 45.1 Å². The molecule has 1 aliphatic heterocycles. The molecule has 0 amide bonds. The van der Waals surface area contributed by atoms with Crippen molar-refractivity contribution in [3.8, 4) is 0 Å². The van der Waals surface area contributed by atoms with Crippen LogP contribution in [0.15, 0.2) is 41.6 Å². The molecule has 3 aromatic rings. The van der Waals surface area contributed by atoms with Crippen molar-refractivity contribution in [2.75, 3.05) is 19.8 Å². The predicted molar refractivity (Wildman–Crippen MR) is 134 cm³/mol. The van der Waals surface area contributed by atoms with Crippen LogP contribution in [0.4, 0.5) is 0 Å². The van der Waals surface area contributed by atoms with E-state index in [9.17, 15) is 19.5 Å². The van der Waals surface area contributed by atoms with Gasteiger partial charge in [0.2, 0.25) is 5.78 Å². The van der Waals surface area contributed by atoms with Gasteiger partial charge in [0.15, 0.2) is 11.5 Å². The first kappa shape index (κ1) is 25.7. The molecule has 1 N–H and O–H groups in total. The summed E-state index contributed by atoms with van der Waals surface area (Å²) in [7, 11) is 0. The highest BCUT2D eigenvalue weighted by Gasteiger charge is 2.27. The number of epoxide rings is 1. The Morgan fingerprint density at radius 2 is 1.69 bits per heavy atom. The second kappa shape index (κ2) is 10.3. The third-order valence-electron chi connectivity index (χ3n) is 6.01. The van der Waals surface area contributed by atoms with Crippen LogP contribution in [0.25, 0.3) is 21.8 Å². The molecule has 1 aromatic heterocycles. The standard InChI is InChI=1S/C27H30N2O7/c1-5-24(30)36-28-21(15-34-13-18-14-35-18)25(31)16-7-9-22-19(11-16)20-12-17(26(32)27(3,4)33)8-10-23(20)29(22)6-2/h7-12,18,33H,5-6,13-15H2,1-4H3/b28-21+. The third kappa shape index (κ3) is 5.38. The Kier molecular flexibility index (Phi) is 7.35. The molecule has 36 heavy (non-hydrogen) atoms. The summed E-state index contributed by atoms with van der Waals surface area (Å²) in [6.45, 7) is 8.04. The van der Waals surface area contributed by atoms with E-state index in [2.05, 4.69) is 9.72 Å². The molecule has 2 aromatic carbocycles. The molecule has 9 nitrogen and oxygen atoms in total. The number of rotatable bonds is 11. The number of ketones is 2. The molecule has 1 fully saturated rings. The molecule has 4 rings (SSSR count). The zero-order valence-electron chi connectivity index (χ0n) is 20.9. The number of aliphatic hydroxyl groups is 1. The van der Waals surface area contributed by atoms with Gasteiger partial charge in [-0.2, -0.15) is 0 Å². The van der Waals surface area contributed by atoms with Crippen LogP contribution >= 0.6 is 0 Å². The molecule has 0 spiro atoms. The minimum absolute atomic E-state index is 0.0110. The Balaban J connectivity index is 1.75. The fourth-order valence-corrected chi connectivity index (χ4v) is 4.00. The van der Waals surface area contributed by atoms with E-state index < -0.39 is 23.1 Å². The molecule has 1 unspecified atom stereocenters. The van der Waals surface area contributed by atoms with Gasteiger partial charge in [-0.3, -0.25) is 9.59 Å². The number of carbonyl (C=O) groups excluding carboxylic acids is 3. The Morgan fingerprint density at radius 1 is 1.08 bits per heavy atom. The lowest BCUT2D eigenvalue weighted by molar-refractivity contribution is -0.143. The van der Waals surface area contributed by atoms with E-state index in [4.69, 9.17) is 14.3 Å². The van der Waals surface area contributed by atoms with Crippen molar-refractivity contribution in [2.45, 2.75) is 52.4 Å². The summed E-state index contributed by atoms with van der Waals surface area (Å²) >= 11 is 0. The number of oxime groups is 1. The maximum absolute atomic E-state index is 13.4. The van der Waals surface area contributed by atoms with E-state index in [-0.39, 0.29) is 24.8 Å². The van der Waals surface area contributed by atoms with Gasteiger partial charge >= 0.3 is 5.97 Å². The van der Waals surface area contributed by atoms with Gasteiger partial charge in [0, 0.05) is 45.9 Å². The summed E-state index contributed by atoms with van der Waals surface area (Å²) in [5.74, 6) is -1.38. The molecule has 1 atom stereocenters. The van der Waals surface area contributed by atoms with E-state index in [0.29, 0.717) is 30.9 Å². The summed E-state index contributed by atoms with van der Waals surface area (Å²) in [5.41, 5.74) is 0.984. The van der Waals surface area contributed by atoms with E-state index in [0.717, 1.165) is 21.8 Å². The van der Waals surface area contributed by atoms with Crippen LogP contribution in [0.5, 0.6) is 0 Å². The molecule has 0 radical (unpaired) electrons. The quantitative estimate of drug-likeness (QED) is 0.142. The highest BCUT2D eigenvalue weighted by molar-refractivity contribution is 6.46. The number of benzene rings is 2. The molecule has 0 saturated carbocycles. The number of hydrogen-bond acceptors (Lipinski definition) is 8. The highest BCUT2D eigenvalue weighted by atomic mass is 16.7. The number of aryl methyl sites for hydroxylation is 1. The first-order chi connectivity index (χ1) is 17.1. The van der Waals surface area contributed by atoms with Gasteiger partial charge in [-0.25, -0.2) is 4.79 Å². The second-order valence-corrected chi connectivity index (χ2v) is 9.25. The van der Waals surface area contributed by atoms with Crippen LogP contribution in [0.2, 0.25) is 0 Å². The van der Waals surface area contributed by atoms with Crippen LogP contribution in [-0.4, -0.2) is 64.4 Å². The number of carbonyl (C=O) groups is 3. The van der Waals surface area contributed by atoms with Crippen molar-refractivity contribution < 1.29 is 33.8 Å². The van der Waals surface area contributed by atoms with Gasteiger partial charge in [0.05, 0.1) is 19.8 Å². The zero-order valence-corrected chi connectivity index (χ0v) is 20.9. The first-order valence-electron chi connectivity index (χ1n) is 12.0.